The van der Waals surface area contributed by atoms with Gasteiger partial charge in [0.2, 0.25) is 11.9 Å². The average molecular weight is 215 g/mol. The number of aromatic nitrogens is 2. The third-order valence-corrected chi connectivity index (χ3v) is 2.24. The largest absolute Gasteiger partial charge is 0.331 e. The molecular formula is C12H13N3O. The SMILES string of the molecule is Cc1ccc(CC(=O)Nc2ncc[nH]2)cc1. The van der Waals surface area contributed by atoms with Gasteiger partial charge >= 0.3 is 0 Å². The smallest absolute Gasteiger partial charge is 0.231 e. The first-order chi connectivity index (χ1) is 7.74. The molecule has 0 spiro atoms. The quantitative estimate of drug-likeness (QED) is 0.821. The molecule has 4 nitrogen and oxygen atoms in total. The van der Waals surface area contributed by atoms with E-state index in [1.165, 1.54) is 5.56 Å². The molecule has 0 aliphatic rings. The molecule has 0 aliphatic heterocycles. The summed E-state index contributed by atoms with van der Waals surface area (Å²) in [7, 11) is 0. The van der Waals surface area contributed by atoms with Crippen molar-refractivity contribution in [2.45, 2.75) is 13.3 Å². The average Bonchev–Trinajstić information content (AvgIpc) is 2.74. The van der Waals surface area contributed by atoms with Crippen LogP contribution < -0.4 is 5.32 Å². The van der Waals surface area contributed by atoms with Crippen LogP contribution in [0, 0.1) is 6.92 Å². The first-order valence-electron chi connectivity index (χ1n) is 5.09. The summed E-state index contributed by atoms with van der Waals surface area (Å²) in [5, 5.41) is 2.68. The summed E-state index contributed by atoms with van der Waals surface area (Å²) < 4.78 is 0. The van der Waals surface area contributed by atoms with Crippen molar-refractivity contribution in [2.24, 2.45) is 0 Å². The van der Waals surface area contributed by atoms with Crippen molar-refractivity contribution in [3.63, 3.8) is 0 Å². The predicted octanol–water partition coefficient (Wildman–Crippen LogP) is 1.90. The number of carbonyl (C=O) groups is 1. The first-order valence-corrected chi connectivity index (χ1v) is 5.09. The van der Waals surface area contributed by atoms with Gasteiger partial charge in [0.1, 0.15) is 0 Å². The fraction of sp³-hybridized carbons (Fsp3) is 0.167. The number of anilines is 1. The maximum Gasteiger partial charge on any atom is 0.231 e. The van der Waals surface area contributed by atoms with E-state index in [0.29, 0.717) is 12.4 Å². The van der Waals surface area contributed by atoms with E-state index in [2.05, 4.69) is 15.3 Å². The summed E-state index contributed by atoms with van der Waals surface area (Å²) in [5.74, 6) is 0.413. The van der Waals surface area contributed by atoms with E-state index in [1.54, 1.807) is 12.4 Å². The standard InChI is InChI=1S/C12H13N3O/c1-9-2-4-10(5-3-9)8-11(16)15-12-13-6-7-14-12/h2-7H,8H2,1H3,(H2,13,14,15,16). The summed E-state index contributed by atoms with van der Waals surface area (Å²) in [4.78, 5) is 18.3. The summed E-state index contributed by atoms with van der Waals surface area (Å²) in [6.07, 6.45) is 3.63. The monoisotopic (exact) mass is 215 g/mol. The van der Waals surface area contributed by atoms with Crippen LogP contribution in [-0.2, 0) is 11.2 Å². The molecular weight excluding hydrogens is 202 g/mol. The van der Waals surface area contributed by atoms with Crippen molar-refractivity contribution in [3.8, 4) is 0 Å². The molecule has 0 bridgehead atoms. The summed E-state index contributed by atoms with van der Waals surface area (Å²) in [6.45, 7) is 2.02. The van der Waals surface area contributed by atoms with E-state index in [9.17, 15) is 4.79 Å². The number of rotatable bonds is 3. The Morgan fingerprint density at radius 2 is 2.12 bits per heavy atom. The number of hydrogen-bond donors (Lipinski definition) is 2. The molecule has 2 rings (SSSR count). The predicted molar refractivity (Wildman–Crippen MR) is 62.1 cm³/mol. The molecule has 0 unspecified atom stereocenters. The first kappa shape index (κ1) is 10.4. The fourth-order valence-electron chi connectivity index (χ4n) is 1.40. The van der Waals surface area contributed by atoms with E-state index in [-0.39, 0.29) is 5.91 Å². The maximum absolute atomic E-state index is 11.6. The van der Waals surface area contributed by atoms with Crippen molar-refractivity contribution in [3.05, 3.63) is 47.8 Å². The Hall–Kier alpha value is -2.10. The van der Waals surface area contributed by atoms with E-state index in [1.807, 2.05) is 31.2 Å². The summed E-state index contributed by atoms with van der Waals surface area (Å²) in [6, 6.07) is 7.90. The molecule has 2 aromatic rings. The van der Waals surface area contributed by atoms with Gasteiger partial charge < -0.3 is 4.98 Å². The number of nitrogens with one attached hydrogen (secondary N) is 2. The van der Waals surface area contributed by atoms with E-state index in [0.717, 1.165) is 5.56 Å². The van der Waals surface area contributed by atoms with Crippen molar-refractivity contribution >= 4 is 11.9 Å². The van der Waals surface area contributed by atoms with Crippen molar-refractivity contribution in [1.82, 2.24) is 9.97 Å². The van der Waals surface area contributed by atoms with Crippen LogP contribution in [0.4, 0.5) is 5.95 Å². The minimum Gasteiger partial charge on any atom is -0.331 e. The lowest BCUT2D eigenvalue weighted by atomic mass is 10.1. The van der Waals surface area contributed by atoms with Crippen LogP contribution in [0.15, 0.2) is 36.7 Å². The number of aromatic amines is 1. The van der Waals surface area contributed by atoms with Crippen molar-refractivity contribution < 1.29 is 4.79 Å². The van der Waals surface area contributed by atoms with E-state index >= 15 is 0 Å². The highest BCUT2D eigenvalue weighted by Crippen LogP contribution is 2.05. The highest BCUT2D eigenvalue weighted by atomic mass is 16.1. The van der Waals surface area contributed by atoms with Crippen LogP contribution in [0.3, 0.4) is 0 Å². The normalized spacial score (nSPS) is 10.1. The lowest BCUT2D eigenvalue weighted by Crippen LogP contribution is -2.15. The summed E-state index contributed by atoms with van der Waals surface area (Å²) in [5.41, 5.74) is 2.19. The van der Waals surface area contributed by atoms with Gasteiger partial charge in [-0.05, 0) is 12.5 Å². The molecule has 0 atom stereocenters. The second kappa shape index (κ2) is 4.61. The van der Waals surface area contributed by atoms with Gasteiger partial charge in [-0.25, -0.2) is 4.98 Å². The number of imidazole rings is 1. The third kappa shape index (κ3) is 2.70. The number of carbonyl (C=O) groups excluding carboxylic acids is 1. The van der Waals surface area contributed by atoms with Gasteiger partial charge in [-0.3, -0.25) is 10.1 Å². The van der Waals surface area contributed by atoms with Gasteiger partial charge in [-0.15, -0.1) is 0 Å². The number of benzene rings is 1. The lowest BCUT2D eigenvalue weighted by molar-refractivity contribution is -0.115. The van der Waals surface area contributed by atoms with Gasteiger partial charge in [-0.2, -0.15) is 0 Å². The Morgan fingerprint density at radius 1 is 1.38 bits per heavy atom. The Kier molecular flexibility index (Phi) is 3.00. The van der Waals surface area contributed by atoms with Crippen LogP contribution in [-0.4, -0.2) is 15.9 Å². The minimum absolute atomic E-state index is 0.0706. The zero-order chi connectivity index (χ0) is 11.4. The van der Waals surface area contributed by atoms with Crippen LogP contribution in [0.2, 0.25) is 0 Å². The molecule has 0 fully saturated rings. The fourth-order valence-corrected chi connectivity index (χ4v) is 1.40. The molecule has 0 radical (unpaired) electrons. The van der Waals surface area contributed by atoms with Crippen LogP contribution in [0.1, 0.15) is 11.1 Å². The number of amides is 1. The lowest BCUT2D eigenvalue weighted by Gasteiger charge is -2.02. The molecule has 0 saturated carbocycles. The van der Waals surface area contributed by atoms with Gasteiger partial charge in [0.05, 0.1) is 6.42 Å². The van der Waals surface area contributed by atoms with Gasteiger partial charge in [0.25, 0.3) is 0 Å². The van der Waals surface area contributed by atoms with E-state index in [4.69, 9.17) is 0 Å². The molecule has 1 aromatic carbocycles. The van der Waals surface area contributed by atoms with Crippen LogP contribution in [0.5, 0.6) is 0 Å². The molecule has 4 heteroatoms. The Morgan fingerprint density at radius 3 is 2.75 bits per heavy atom. The zero-order valence-corrected chi connectivity index (χ0v) is 9.03. The van der Waals surface area contributed by atoms with Crippen LogP contribution >= 0.6 is 0 Å². The van der Waals surface area contributed by atoms with Gasteiger partial charge in [0.15, 0.2) is 0 Å². The Balaban J connectivity index is 1.95. The Bertz CT molecular complexity index is 460. The highest BCUT2D eigenvalue weighted by molar-refractivity contribution is 5.90. The number of hydrogen-bond acceptors (Lipinski definition) is 2. The van der Waals surface area contributed by atoms with Crippen molar-refractivity contribution in [1.29, 1.82) is 0 Å². The number of nitrogens with zero attached hydrogens (tertiary/aromatic N) is 1. The Labute approximate surface area is 93.7 Å². The highest BCUT2D eigenvalue weighted by Gasteiger charge is 2.04. The number of aryl methyl sites for hydroxylation is 1. The minimum atomic E-state index is -0.0706. The van der Waals surface area contributed by atoms with Crippen LogP contribution in [0.25, 0.3) is 0 Å². The molecule has 1 aromatic heterocycles. The molecule has 16 heavy (non-hydrogen) atoms. The topological polar surface area (TPSA) is 57.8 Å². The number of H-pyrrole nitrogens is 1. The molecule has 0 aliphatic carbocycles. The second-order valence-corrected chi connectivity index (χ2v) is 3.65. The third-order valence-electron chi connectivity index (χ3n) is 2.24. The zero-order valence-electron chi connectivity index (χ0n) is 9.03. The van der Waals surface area contributed by atoms with Crippen molar-refractivity contribution in [2.75, 3.05) is 5.32 Å². The molecule has 0 saturated heterocycles. The second-order valence-electron chi connectivity index (χ2n) is 3.65. The van der Waals surface area contributed by atoms with Gasteiger partial charge in [-0.1, -0.05) is 29.8 Å². The molecule has 82 valence electrons. The molecule has 1 heterocycles. The van der Waals surface area contributed by atoms with Gasteiger partial charge in [0, 0.05) is 12.4 Å². The maximum atomic E-state index is 11.6. The molecule has 1 amide bonds. The molecule has 2 N–H and O–H groups in total. The summed E-state index contributed by atoms with van der Waals surface area (Å²) >= 11 is 0. The van der Waals surface area contributed by atoms with E-state index < -0.39 is 0 Å².